The summed E-state index contributed by atoms with van der Waals surface area (Å²) in [6.45, 7) is 4.73. The molecule has 0 saturated carbocycles. The normalized spacial score (nSPS) is 15.2. The van der Waals surface area contributed by atoms with Crippen LogP contribution in [0.1, 0.15) is 136 Å². The minimum absolute atomic E-state index is 0.338. The molecule has 0 aliphatic rings. The molecule has 2 unspecified atom stereocenters. The van der Waals surface area contributed by atoms with Gasteiger partial charge in [0.25, 0.3) is 0 Å². The number of quaternary nitrogens is 1. The molecule has 0 aromatic carbocycles. The molecular weight excluding hydrogens is 429 g/mol. The van der Waals surface area contributed by atoms with Gasteiger partial charge in [0.2, 0.25) is 0 Å². The first-order valence-electron chi connectivity index (χ1n) is 14.2. The molecule has 0 aliphatic heterocycles. The van der Waals surface area contributed by atoms with E-state index in [9.17, 15) is 9.46 Å². The zero-order valence-corrected chi connectivity index (χ0v) is 23.9. The van der Waals surface area contributed by atoms with Crippen molar-refractivity contribution < 1.29 is 18.5 Å². The second-order valence-corrected chi connectivity index (χ2v) is 12.8. The Labute approximate surface area is 207 Å². The molecule has 0 fully saturated rings. The Morgan fingerprint density at radius 3 is 1.55 bits per heavy atom. The van der Waals surface area contributed by atoms with Crippen molar-refractivity contribution in [1.29, 1.82) is 0 Å². The second-order valence-electron chi connectivity index (χ2n) is 10.8. The lowest BCUT2D eigenvalue weighted by Gasteiger charge is -2.35. The maximum absolute atomic E-state index is 12.7. The first-order valence-corrected chi connectivity index (χ1v) is 15.8. The fraction of sp³-hybridized carbons (Fsp3) is 0.929. The number of nitrogens with zero attached hydrogens (tertiary/aromatic N) is 1. The van der Waals surface area contributed by atoms with Gasteiger partial charge in [0.15, 0.2) is 5.78 Å². The van der Waals surface area contributed by atoms with Crippen molar-refractivity contribution in [3.05, 3.63) is 12.2 Å². The molecule has 2 atom stereocenters. The first kappa shape index (κ1) is 32.8. The van der Waals surface area contributed by atoms with Gasteiger partial charge in [-0.25, -0.2) is 0 Å². The van der Waals surface area contributed by atoms with Crippen molar-refractivity contribution in [2.45, 2.75) is 142 Å². The first-order chi connectivity index (χ1) is 15.8. The molecule has 198 valence electrons. The van der Waals surface area contributed by atoms with Gasteiger partial charge in [-0.3, -0.25) is 4.57 Å². The lowest BCUT2D eigenvalue weighted by molar-refractivity contribution is -0.883. The molecule has 0 saturated heterocycles. The van der Waals surface area contributed by atoms with Crippen LogP contribution in [0.4, 0.5) is 0 Å². The molecule has 0 rings (SSSR count). The summed E-state index contributed by atoms with van der Waals surface area (Å²) in [5, 5.41) is 0. The summed E-state index contributed by atoms with van der Waals surface area (Å²) < 4.78 is 18.6. The standard InChI is InChI=1S/C28H58NO3P/c1-6-8-9-10-11-12-13-14-15-16-17-18-19-20-21-22-23-24-25-27-32-33(30,31)28(26-7-2)29(3,4)5/h18-19,28H,6-17,20-27H2,1-5H3/p+1/b19-18-. The highest BCUT2D eigenvalue weighted by molar-refractivity contribution is 7.53. The summed E-state index contributed by atoms with van der Waals surface area (Å²) in [6, 6.07) is 0. The molecule has 0 bridgehead atoms. The highest BCUT2D eigenvalue weighted by Crippen LogP contribution is 2.51. The van der Waals surface area contributed by atoms with Gasteiger partial charge in [-0.2, -0.15) is 0 Å². The monoisotopic (exact) mass is 488 g/mol. The van der Waals surface area contributed by atoms with Gasteiger partial charge in [-0.05, 0) is 38.5 Å². The van der Waals surface area contributed by atoms with E-state index in [1.807, 2.05) is 21.1 Å². The highest BCUT2D eigenvalue weighted by Gasteiger charge is 2.41. The average molecular weight is 489 g/mol. The van der Waals surface area contributed by atoms with E-state index in [0.717, 1.165) is 19.3 Å². The highest BCUT2D eigenvalue weighted by atomic mass is 31.2. The van der Waals surface area contributed by atoms with E-state index in [1.165, 1.54) is 96.3 Å². The quantitative estimate of drug-likeness (QED) is 0.0637. The van der Waals surface area contributed by atoms with Crippen LogP contribution in [0.15, 0.2) is 12.2 Å². The molecule has 5 heteroatoms. The van der Waals surface area contributed by atoms with Crippen LogP contribution in [-0.2, 0) is 9.09 Å². The Balaban J connectivity index is 3.53. The SMILES string of the molecule is CCCCCCCCCCCC/C=C\CCCCCCCOP(=O)(O)C(CCC)[N+](C)(C)C. The third-order valence-corrected chi connectivity index (χ3v) is 8.76. The summed E-state index contributed by atoms with van der Waals surface area (Å²) in [5.41, 5.74) is 0. The van der Waals surface area contributed by atoms with Gasteiger partial charge in [-0.1, -0.05) is 103 Å². The molecule has 1 N–H and O–H groups in total. The fourth-order valence-corrected chi connectivity index (χ4v) is 6.43. The maximum Gasteiger partial charge on any atom is 0.385 e. The summed E-state index contributed by atoms with van der Waals surface area (Å²) in [4.78, 5) is 10.4. The minimum atomic E-state index is -3.57. The smallest absolute Gasteiger partial charge is 0.320 e. The van der Waals surface area contributed by atoms with Gasteiger partial charge in [0, 0.05) is 6.42 Å². The summed E-state index contributed by atoms with van der Waals surface area (Å²) in [5.74, 6) is -0.338. The van der Waals surface area contributed by atoms with Crippen LogP contribution < -0.4 is 0 Å². The van der Waals surface area contributed by atoms with Crippen molar-refractivity contribution in [1.82, 2.24) is 0 Å². The topological polar surface area (TPSA) is 46.5 Å². The fourth-order valence-electron chi connectivity index (χ4n) is 4.41. The van der Waals surface area contributed by atoms with Crippen LogP contribution in [0, 0.1) is 0 Å². The number of unbranched alkanes of at least 4 members (excludes halogenated alkanes) is 15. The number of rotatable bonds is 24. The second kappa shape index (κ2) is 21.2. The zero-order chi connectivity index (χ0) is 24.8. The van der Waals surface area contributed by atoms with E-state index >= 15 is 0 Å². The van der Waals surface area contributed by atoms with E-state index in [2.05, 4.69) is 26.0 Å². The Hall–Kier alpha value is -0.150. The molecular formula is C28H59NO3P+. The van der Waals surface area contributed by atoms with E-state index in [0.29, 0.717) is 17.5 Å². The van der Waals surface area contributed by atoms with Gasteiger partial charge >= 0.3 is 7.60 Å². The summed E-state index contributed by atoms with van der Waals surface area (Å²) in [6.07, 6.45) is 28.4. The van der Waals surface area contributed by atoms with Crippen molar-refractivity contribution in [3.63, 3.8) is 0 Å². The number of allylic oxidation sites excluding steroid dienone is 2. The Morgan fingerprint density at radius 2 is 1.12 bits per heavy atom. The van der Waals surface area contributed by atoms with Crippen LogP contribution in [0.25, 0.3) is 0 Å². The van der Waals surface area contributed by atoms with Gasteiger partial charge in [0.05, 0.1) is 27.7 Å². The van der Waals surface area contributed by atoms with Crippen molar-refractivity contribution in [3.8, 4) is 0 Å². The molecule has 0 amide bonds. The molecule has 0 spiro atoms. The van der Waals surface area contributed by atoms with E-state index in [-0.39, 0.29) is 5.78 Å². The van der Waals surface area contributed by atoms with E-state index in [4.69, 9.17) is 4.52 Å². The zero-order valence-electron chi connectivity index (χ0n) is 23.0. The van der Waals surface area contributed by atoms with Gasteiger partial charge < -0.3 is 13.9 Å². The van der Waals surface area contributed by atoms with Crippen LogP contribution in [0.3, 0.4) is 0 Å². The van der Waals surface area contributed by atoms with E-state index < -0.39 is 7.60 Å². The van der Waals surface area contributed by atoms with Crippen LogP contribution >= 0.6 is 7.60 Å². The third kappa shape index (κ3) is 19.8. The number of hydrogen-bond donors (Lipinski definition) is 1. The average Bonchev–Trinajstić information content (AvgIpc) is 2.75. The molecule has 0 aromatic heterocycles. The minimum Gasteiger partial charge on any atom is -0.320 e. The molecule has 0 aromatic rings. The van der Waals surface area contributed by atoms with Gasteiger partial charge in [-0.15, -0.1) is 0 Å². The van der Waals surface area contributed by atoms with Gasteiger partial charge in [0.1, 0.15) is 0 Å². The maximum atomic E-state index is 12.7. The molecule has 0 heterocycles. The lowest BCUT2D eigenvalue weighted by atomic mass is 10.1. The number of hydrogen-bond acceptors (Lipinski definition) is 2. The molecule has 0 aliphatic carbocycles. The Bertz CT molecular complexity index is 502. The Kier molecular flexibility index (Phi) is 21.1. The molecule has 0 radical (unpaired) electrons. The third-order valence-electron chi connectivity index (χ3n) is 6.50. The predicted molar refractivity (Wildman–Crippen MR) is 146 cm³/mol. The van der Waals surface area contributed by atoms with E-state index in [1.54, 1.807) is 0 Å². The van der Waals surface area contributed by atoms with Crippen molar-refractivity contribution in [2.24, 2.45) is 0 Å². The van der Waals surface area contributed by atoms with Crippen LogP contribution in [0.2, 0.25) is 0 Å². The predicted octanol–water partition coefficient (Wildman–Crippen LogP) is 9.23. The Morgan fingerprint density at radius 1 is 0.697 bits per heavy atom. The van der Waals surface area contributed by atoms with Crippen LogP contribution in [-0.4, -0.2) is 42.9 Å². The summed E-state index contributed by atoms with van der Waals surface area (Å²) in [7, 11) is 2.34. The molecule has 4 nitrogen and oxygen atoms in total. The summed E-state index contributed by atoms with van der Waals surface area (Å²) >= 11 is 0. The lowest BCUT2D eigenvalue weighted by Crippen LogP contribution is -2.45. The van der Waals surface area contributed by atoms with Crippen molar-refractivity contribution >= 4 is 7.60 Å². The van der Waals surface area contributed by atoms with Crippen LogP contribution in [0.5, 0.6) is 0 Å². The van der Waals surface area contributed by atoms with Crippen molar-refractivity contribution in [2.75, 3.05) is 27.7 Å². The largest absolute Gasteiger partial charge is 0.385 e. The molecule has 33 heavy (non-hydrogen) atoms.